The molecule has 3 atom stereocenters. The van der Waals surface area contributed by atoms with E-state index in [0.717, 1.165) is 22.7 Å². The van der Waals surface area contributed by atoms with Crippen molar-refractivity contribution in [3.05, 3.63) is 95.0 Å². The highest BCUT2D eigenvalue weighted by Gasteiger charge is 2.35. The number of thiazole rings is 1. The number of halogens is 3. The van der Waals surface area contributed by atoms with E-state index < -0.39 is 41.7 Å². The standard InChI is InChI=1S/C34H34F3N5O5S/c1-20-17-42(21(2)19-43)32(45)26-5-4-6-27(40-30(44)22-7-9-23(10-8-22)31-38-15-16-48-31)29(26)47-28(20)18-41(3)33(46)39-25-13-11-24(12-14-25)34(35,36)37/h4-16,20-21,28,43H,17-19H2,1-3H3,(H,39,46)(H,40,44)/t20-,21-,28-/m1/s1. The summed E-state index contributed by atoms with van der Waals surface area (Å²) in [6.45, 7) is 3.48. The molecule has 10 nitrogen and oxygen atoms in total. The molecule has 3 aromatic carbocycles. The van der Waals surface area contributed by atoms with Crippen LogP contribution in [0.5, 0.6) is 5.75 Å². The molecule has 4 amide bonds. The first-order chi connectivity index (χ1) is 22.8. The van der Waals surface area contributed by atoms with Crippen LogP contribution in [-0.2, 0) is 6.18 Å². The number of nitrogens with one attached hydrogen (secondary N) is 2. The Morgan fingerprint density at radius 3 is 2.44 bits per heavy atom. The molecule has 0 unspecified atom stereocenters. The van der Waals surface area contributed by atoms with Crippen molar-refractivity contribution in [3.8, 4) is 16.3 Å². The number of hydrogen-bond donors (Lipinski definition) is 3. The van der Waals surface area contributed by atoms with Gasteiger partial charge in [-0.1, -0.05) is 25.1 Å². The number of para-hydroxylation sites is 1. The molecule has 0 saturated heterocycles. The molecular weight excluding hydrogens is 647 g/mol. The van der Waals surface area contributed by atoms with E-state index in [4.69, 9.17) is 4.74 Å². The number of anilines is 2. The first-order valence-electron chi connectivity index (χ1n) is 15.1. The van der Waals surface area contributed by atoms with Crippen molar-refractivity contribution < 1.29 is 37.4 Å². The Hall–Kier alpha value is -4.95. The molecule has 14 heteroatoms. The Morgan fingerprint density at radius 1 is 1.10 bits per heavy atom. The molecule has 5 rings (SSSR count). The maximum atomic E-state index is 13.8. The SMILES string of the molecule is C[C@@H]1CN([C@H](C)CO)C(=O)c2cccc(NC(=O)c3ccc(-c4nccs4)cc3)c2O[C@@H]1CN(C)C(=O)Nc1ccc(C(F)(F)F)cc1. The molecule has 3 N–H and O–H groups in total. The van der Waals surface area contributed by atoms with Crippen LogP contribution >= 0.6 is 11.3 Å². The minimum absolute atomic E-state index is 0.0170. The topological polar surface area (TPSA) is 124 Å². The number of hydrogen-bond acceptors (Lipinski definition) is 7. The van der Waals surface area contributed by atoms with E-state index in [1.807, 2.05) is 12.3 Å². The molecule has 1 aromatic heterocycles. The van der Waals surface area contributed by atoms with Crippen molar-refractivity contribution in [2.75, 3.05) is 37.4 Å². The van der Waals surface area contributed by atoms with E-state index in [9.17, 15) is 32.7 Å². The van der Waals surface area contributed by atoms with Crippen LogP contribution in [0.25, 0.3) is 10.6 Å². The van der Waals surface area contributed by atoms with Crippen LogP contribution in [0.2, 0.25) is 0 Å². The number of aliphatic hydroxyl groups excluding tert-OH is 1. The number of fused-ring (bicyclic) bond motifs is 1. The lowest BCUT2D eigenvalue weighted by molar-refractivity contribution is -0.137. The van der Waals surface area contributed by atoms with Crippen LogP contribution in [0, 0.1) is 5.92 Å². The Bertz CT molecular complexity index is 1750. The van der Waals surface area contributed by atoms with Gasteiger partial charge >= 0.3 is 12.2 Å². The first kappa shape index (κ1) is 34.4. The zero-order valence-corrected chi connectivity index (χ0v) is 27.1. The zero-order valence-electron chi connectivity index (χ0n) is 26.3. The number of carbonyl (C=O) groups is 3. The van der Waals surface area contributed by atoms with Crippen LogP contribution in [0.4, 0.5) is 29.3 Å². The minimum Gasteiger partial charge on any atom is -0.485 e. The van der Waals surface area contributed by atoms with E-state index >= 15 is 0 Å². The summed E-state index contributed by atoms with van der Waals surface area (Å²) < 4.78 is 45.4. The van der Waals surface area contributed by atoms with Crippen LogP contribution in [-0.4, -0.2) is 76.6 Å². The predicted octanol–water partition coefficient (Wildman–Crippen LogP) is 6.47. The lowest BCUT2D eigenvalue weighted by Gasteiger charge is -2.38. The molecule has 0 aliphatic carbocycles. The van der Waals surface area contributed by atoms with Crippen molar-refractivity contribution in [1.82, 2.24) is 14.8 Å². The Morgan fingerprint density at radius 2 is 1.81 bits per heavy atom. The number of aliphatic hydroxyl groups is 1. The maximum absolute atomic E-state index is 13.8. The minimum atomic E-state index is -4.51. The van der Waals surface area contributed by atoms with E-state index in [2.05, 4.69) is 15.6 Å². The quantitative estimate of drug-likeness (QED) is 0.196. The second-order valence-electron chi connectivity index (χ2n) is 11.6. The summed E-state index contributed by atoms with van der Waals surface area (Å²) >= 11 is 1.48. The van der Waals surface area contributed by atoms with Crippen LogP contribution < -0.4 is 15.4 Å². The molecule has 1 aliphatic heterocycles. The fourth-order valence-corrected chi connectivity index (χ4v) is 5.84. The largest absolute Gasteiger partial charge is 0.485 e. The summed E-state index contributed by atoms with van der Waals surface area (Å²) in [5.74, 6) is -1.09. The number of amides is 4. The van der Waals surface area contributed by atoms with Gasteiger partial charge in [-0.15, -0.1) is 11.3 Å². The Balaban J connectivity index is 1.39. The van der Waals surface area contributed by atoms with Gasteiger partial charge in [0.05, 0.1) is 36.0 Å². The smallest absolute Gasteiger partial charge is 0.416 e. The highest BCUT2D eigenvalue weighted by molar-refractivity contribution is 7.13. The van der Waals surface area contributed by atoms with Crippen LogP contribution in [0.1, 0.15) is 40.1 Å². The lowest BCUT2D eigenvalue weighted by atomic mass is 9.99. The second-order valence-corrected chi connectivity index (χ2v) is 12.5. The van der Waals surface area contributed by atoms with Gasteiger partial charge in [-0.05, 0) is 55.5 Å². The molecule has 0 fully saturated rings. The molecule has 2 heterocycles. The molecule has 48 heavy (non-hydrogen) atoms. The summed E-state index contributed by atoms with van der Waals surface area (Å²) in [5.41, 5.74) is 0.974. The van der Waals surface area contributed by atoms with Crippen molar-refractivity contribution >= 4 is 40.6 Å². The zero-order chi connectivity index (χ0) is 34.6. The highest BCUT2D eigenvalue weighted by atomic mass is 32.1. The normalized spacial score (nSPS) is 17.0. The number of rotatable bonds is 8. The van der Waals surface area contributed by atoms with Crippen molar-refractivity contribution in [2.24, 2.45) is 5.92 Å². The third-order valence-electron chi connectivity index (χ3n) is 8.03. The highest BCUT2D eigenvalue weighted by Crippen LogP contribution is 2.36. The number of alkyl halides is 3. The average Bonchev–Trinajstić information content (AvgIpc) is 3.61. The fourth-order valence-electron chi connectivity index (χ4n) is 5.20. The van der Waals surface area contributed by atoms with E-state index in [1.54, 1.807) is 55.6 Å². The lowest BCUT2D eigenvalue weighted by Crippen LogP contribution is -2.50. The Labute approximate surface area is 279 Å². The van der Waals surface area contributed by atoms with Gasteiger partial charge in [0.2, 0.25) is 0 Å². The second kappa shape index (κ2) is 14.4. The number of nitrogens with zero attached hydrogens (tertiary/aromatic N) is 3. The number of carbonyl (C=O) groups excluding carboxylic acids is 3. The Kier molecular flexibility index (Phi) is 10.3. The average molecular weight is 682 g/mol. The number of aromatic nitrogens is 1. The van der Waals surface area contributed by atoms with E-state index in [1.165, 1.54) is 40.3 Å². The molecule has 0 bridgehead atoms. The molecule has 252 valence electrons. The molecular formula is C34H34F3N5O5S. The summed E-state index contributed by atoms with van der Waals surface area (Å²) in [6, 6.07) is 14.7. The number of urea groups is 1. The summed E-state index contributed by atoms with van der Waals surface area (Å²) in [7, 11) is 1.51. The van der Waals surface area contributed by atoms with Gasteiger partial charge in [0.1, 0.15) is 11.1 Å². The van der Waals surface area contributed by atoms with Crippen LogP contribution in [0.15, 0.2) is 78.3 Å². The molecule has 0 spiro atoms. The van der Waals surface area contributed by atoms with Gasteiger partial charge in [0.15, 0.2) is 5.75 Å². The fraction of sp³-hybridized carbons (Fsp3) is 0.294. The molecule has 4 aromatic rings. The summed E-state index contributed by atoms with van der Waals surface area (Å²) in [5, 5.41) is 18.1. The number of benzene rings is 3. The van der Waals surface area contributed by atoms with E-state index in [-0.39, 0.29) is 48.3 Å². The summed E-state index contributed by atoms with van der Waals surface area (Å²) in [6.07, 6.45) is -3.51. The number of likely N-dealkylation sites (N-methyl/N-ethyl adjacent to an activating group) is 1. The summed E-state index contributed by atoms with van der Waals surface area (Å²) in [4.78, 5) is 47.4. The first-order valence-corrected chi connectivity index (χ1v) is 16.0. The number of ether oxygens (including phenoxy) is 1. The third-order valence-corrected chi connectivity index (χ3v) is 8.85. The van der Waals surface area contributed by atoms with Gasteiger partial charge in [-0.25, -0.2) is 9.78 Å². The molecule has 0 saturated carbocycles. The van der Waals surface area contributed by atoms with Gasteiger partial charge in [-0.3, -0.25) is 9.59 Å². The van der Waals surface area contributed by atoms with Gasteiger partial charge < -0.3 is 30.3 Å². The maximum Gasteiger partial charge on any atom is 0.416 e. The van der Waals surface area contributed by atoms with Gasteiger partial charge in [0, 0.05) is 47.9 Å². The van der Waals surface area contributed by atoms with E-state index in [0.29, 0.717) is 5.56 Å². The molecule has 1 aliphatic rings. The van der Waals surface area contributed by atoms with Crippen LogP contribution in [0.3, 0.4) is 0 Å². The van der Waals surface area contributed by atoms with Gasteiger partial charge in [0.25, 0.3) is 11.8 Å². The molecule has 0 radical (unpaired) electrons. The third kappa shape index (κ3) is 7.77. The monoisotopic (exact) mass is 681 g/mol. The van der Waals surface area contributed by atoms with Crippen molar-refractivity contribution in [3.63, 3.8) is 0 Å². The van der Waals surface area contributed by atoms with Crippen molar-refractivity contribution in [2.45, 2.75) is 32.2 Å². The predicted molar refractivity (Wildman–Crippen MR) is 176 cm³/mol. The van der Waals surface area contributed by atoms with Gasteiger partial charge in [-0.2, -0.15) is 13.2 Å². The van der Waals surface area contributed by atoms with Crippen molar-refractivity contribution in [1.29, 1.82) is 0 Å².